The fourth-order valence-corrected chi connectivity index (χ4v) is 1.90. The number of H-pyrrole nitrogens is 1. The summed E-state index contributed by atoms with van der Waals surface area (Å²) in [6, 6.07) is 10.2. The maximum atomic E-state index is 4.59. The molecule has 0 amide bonds. The van der Waals surface area contributed by atoms with Crippen molar-refractivity contribution in [2.75, 3.05) is 0 Å². The lowest BCUT2D eigenvalue weighted by Gasteiger charge is -1.95. The highest BCUT2D eigenvalue weighted by atomic mass is 14.9. The van der Waals surface area contributed by atoms with Crippen molar-refractivity contribution in [1.29, 1.82) is 0 Å². The fraction of sp³-hybridized carbons (Fsp3) is 0.143. The van der Waals surface area contributed by atoms with Crippen molar-refractivity contribution in [3.63, 3.8) is 0 Å². The molecule has 3 aromatic rings. The third-order valence-electron chi connectivity index (χ3n) is 2.87. The van der Waals surface area contributed by atoms with Crippen molar-refractivity contribution in [3.05, 3.63) is 47.7 Å². The molecule has 0 aliphatic carbocycles. The highest BCUT2D eigenvalue weighted by Gasteiger charge is 2.07. The Morgan fingerprint density at radius 1 is 1.06 bits per heavy atom. The van der Waals surface area contributed by atoms with Crippen LogP contribution in [0.25, 0.3) is 22.6 Å². The maximum absolute atomic E-state index is 4.59. The second-order valence-electron chi connectivity index (χ2n) is 4.28. The summed E-state index contributed by atoms with van der Waals surface area (Å²) >= 11 is 0. The van der Waals surface area contributed by atoms with Crippen LogP contribution in [0.3, 0.4) is 0 Å². The van der Waals surface area contributed by atoms with Gasteiger partial charge in [-0.1, -0.05) is 18.2 Å². The minimum atomic E-state index is 0.828. The molecule has 84 valence electrons. The van der Waals surface area contributed by atoms with Gasteiger partial charge in [0.25, 0.3) is 0 Å². The Morgan fingerprint density at radius 2 is 1.94 bits per heavy atom. The molecular weight excluding hydrogens is 210 g/mol. The molecule has 0 saturated heterocycles. The van der Waals surface area contributed by atoms with Crippen molar-refractivity contribution >= 4 is 11.0 Å². The number of nitrogens with one attached hydrogen (secondary N) is 1. The largest absolute Gasteiger partial charge is 0.337 e. The van der Waals surface area contributed by atoms with E-state index in [1.54, 1.807) is 0 Å². The average molecular weight is 223 g/mol. The lowest BCUT2D eigenvalue weighted by atomic mass is 10.2. The van der Waals surface area contributed by atoms with Gasteiger partial charge in [0.1, 0.15) is 5.69 Å². The van der Waals surface area contributed by atoms with Crippen molar-refractivity contribution in [3.8, 4) is 11.5 Å². The van der Waals surface area contributed by atoms with Crippen LogP contribution in [-0.4, -0.2) is 15.0 Å². The van der Waals surface area contributed by atoms with Crippen LogP contribution in [0, 0.1) is 13.8 Å². The van der Waals surface area contributed by atoms with E-state index in [2.05, 4.69) is 27.9 Å². The summed E-state index contributed by atoms with van der Waals surface area (Å²) in [5, 5.41) is 0. The molecule has 0 spiro atoms. The number of nitrogens with zero attached hydrogens (tertiary/aromatic N) is 2. The Kier molecular flexibility index (Phi) is 2.18. The van der Waals surface area contributed by atoms with Crippen LogP contribution in [0.4, 0.5) is 0 Å². The van der Waals surface area contributed by atoms with Gasteiger partial charge in [-0.15, -0.1) is 0 Å². The van der Waals surface area contributed by atoms with Gasteiger partial charge in [0.15, 0.2) is 5.82 Å². The van der Waals surface area contributed by atoms with Gasteiger partial charge >= 0.3 is 0 Å². The van der Waals surface area contributed by atoms with Gasteiger partial charge in [-0.3, -0.25) is 4.98 Å². The fourth-order valence-electron chi connectivity index (χ4n) is 1.90. The highest BCUT2D eigenvalue weighted by molar-refractivity contribution is 5.81. The van der Waals surface area contributed by atoms with E-state index in [1.165, 1.54) is 5.56 Å². The smallest absolute Gasteiger partial charge is 0.157 e. The molecule has 3 heteroatoms. The van der Waals surface area contributed by atoms with Crippen LogP contribution in [0.2, 0.25) is 0 Å². The number of imidazole rings is 1. The zero-order valence-corrected chi connectivity index (χ0v) is 9.86. The van der Waals surface area contributed by atoms with E-state index >= 15 is 0 Å². The Balaban J connectivity index is 2.18. The lowest BCUT2D eigenvalue weighted by Crippen LogP contribution is -1.85. The molecule has 0 aliphatic rings. The molecule has 0 unspecified atom stereocenters. The minimum Gasteiger partial charge on any atom is -0.337 e. The zero-order chi connectivity index (χ0) is 11.8. The van der Waals surface area contributed by atoms with Crippen LogP contribution in [0.15, 0.2) is 36.5 Å². The summed E-state index contributed by atoms with van der Waals surface area (Å²) in [4.78, 5) is 12.3. The quantitative estimate of drug-likeness (QED) is 0.688. The summed E-state index contributed by atoms with van der Waals surface area (Å²) in [6.07, 6.45) is 1.86. The van der Waals surface area contributed by atoms with Crippen molar-refractivity contribution in [1.82, 2.24) is 15.0 Å². The van der Waals surface area contributed by atoms with Gasteiger partial charge in [0, 0.05) is 6.20 Å². The number of aromatic amines is 1. The molecule has 0 radical (unpaired) electrons. The summed E-state index contributed by atoms with van der Waals surface area (Å²) < 4.78 is 0. The Bertz CT molecular complexity index is 666. The molecule has 0 aliphatic heterocycles. The van der Waals surface area contributed by atoms with E-state index in [1.807, 2.05) is 37.4 Å². The topological polar surface area (TPSA) is 41.6 Å². The van der Waals surface area contributed by atoms with Crippen molar-refractivity contribution < 1.29 is 0 Å². The Hall–Kier alpha value is -2.16. The second kappa shape index (κ2) is 3.70. The number of benzene rings is 1. The molecule has 0 atom stereocenters. The molecule has 1 aromatic carbocycles. The predicted molar refractivity (Wildman–Crippen MR) is 68.8 cm³/mol. The van der Waals surface area contributed by atoms with E-state index in [9.17, 15) is 0 Å². The van der Waals surface area contributed by atoms with Gasteiger partial charge in [-0.25, -0.2) is 4.98 Å². The summed E-state index contributed by atoms with van der Waals surface area (Å²) in [7, 11) is 0. The van der Waals surface area contributed by atoms with E-state index in [0.29, 0.717) is 0 Å². The first-order valence-electron chi connectivity index (χ1n) is 5.62. The van der Waals surface area contributed by atoms with Gasteiger partial charge in [-0.2, -0.15) is 0 Å². The zero-order valence-electron chi connectivity index (χ0n) is 9.86. The number of aryl methyl sites for hydroxylation is 2. The van der Waals surface area contributed by atoms with Crippen LogP contribution in [0.5, 0.6) is 0 Å². The second-order valence-corrected chi connectivity index (χ2v) is 4.28. The minimum absolute atomic E-state index is 0.828. The van der Waals surface area contributed by atoms with E-state index < -0.39 is 0 Å². The van der Waals surface area contributed by atoms with Crippen molar-refractivity contribution in [2.24, 2.45) is 0 Å². The van der Waals surface area contributed by atoms with Gasteiger partial charge in [0.2, 0.25) is 0 Å². The maximum Gasteiger partial charge on any atom is 0.157 e. The number of hydrogen-bond donors (Lipinski definition) is 1. The number of aromatic nitrogens is 3. The molecule has 0 fully saturated rings. The van der Waals surface area contributed by atoms with Crippen molar-refractivity contribution in [2.45, 2.75) is 13.8 Å². The van der Waals surface area contributed by atoms with Crippen LogP contribution in [-0.2, 0) is 0 Å². The Morgan fingerprint density at radius 3 is 2.65 bits per heavy atom. The molecular formula is C14H13N3. The number of hydrogen-bond acceptors (Lipinski definition) is 2. The van der Waals surface area contributed by atoms with E-state index in [0.717, 1.165) is 28.1 Å². The number of para-hydroxylation sites is 1. The average Bonchev–Trinajstić information content (AvgIpc) is 2.75. The predicted octanol–water partition coefficient (Wildman–Crippen LogP) is 3.24. The van der Waals surface area contributed by atoms with Gasteiger partial charge < -0.3 is 4.98 Å². The van der Waals surface area contributed by atoms with Crippen LogP contribution < -0.4 is 0 Å². The third-order valence-corrected chi connectivity index (χ3v) is 2.87. The molecule has 3 rings (SSSR count). The summed E-state index contributed by atoms with van der Waals surface area (Å²) in [6.45, 7) is 4.09. The van der Waals surface area contributed by atoms with Crippen LogP contribution in [0.1, 0.15) is 11.1 Å². The monoisotopic (exact) mass is 223 g/mol. The molecule has 1 N–H and O–H groups in total. The molecule has 0 bridgehead atoms. The molecule has 17 heavy (non-hydrogen) atoms. The van der Waals surface area contributed by atoms with E-state index in [-0.39, 0.29) is 0 Å². The molecule has 3 nitrogen and oxygen atoms in total. The highest BCUT2D eigenvalue weighted by Crippen LogP contribution is 2.21. The standard InChI is InChI=1S/C14H13N3/c1-9-6-7-12(15-8-9)14-16-11-5-3-4-10(2)13(11)17-14/h3-8H,1-2H3,(H,16,17). The van der Waals surface area contributed by atoms with Crippen LogP contribution >= 0.6 is 0 Å². The first-order chi connectivity index (χ1) is 8.24. The first kappa shape index (κ1) is 10.0. The molecule has 2 aromatic heterocycles. The van der Waals surface area contributed by atoms with Gasteiger partial charge in [-0.05, 0) is 37.1 Å². The van der Waals surface area contributed by atoms with E-state index in [4.69, 9.17) is 0 Å². The third kappa shape index (κ3) is 1.69. The number of pyridine rings is 1. The molecule has 2 heterocycles. The Labute approximate surface area is 99.5 Å². The first-order valence-corrected chi connectivity index (χ1v) is 5.62. The molecule has 0 saturated carbocycles. The number of rotatable bonds is 1. The normalized spacial score (nSPS) is 10.9. The number of fused-ring (bicyclic) bond motifs is 1. The SMILES string of the molecule is Cc1ccc(-c2nc3c(C)cccc3[nH]2)nc1. The van der Waals surface area contributed by atoms with Gasteiger partial charge in [0.05, 0.1) is 11.0 Å². The lowest BCUT2D eigenvalue weighted by molar-refractivity contribution is 1.21. The summed E-state index contributed by atoms with van der Waals surface area (Å²) in [5.41, 5.74) is 5.29. The summed E-state index contributed by atoms with van der Waals surface area (Å²) in [5.74, 6) is 0.828.